The first kappa shape index (κ1) is 54.0. The number of aromatic amines is 1. The molecule has 6 rings (SSSR count). The standard InChI is InChI=1S/C45H55N5O11Si.C6H15N/c1-27(2)40(54)48-43-47-39-36(41(55)49-43)46-26-50(39)42-38(61-62(8,9)44(3,4)5)37(60-35(53)24-23-34(51)52)33(59-42)25-58-45(28-13-11-10-12-14-28,29-15-19-31(56-6)20-16-29)30-17-21-32(57-7)22-18-30;1-4-7(5-2)6-3/h10-22,26-27,33,37-38,42H,23-25H2,1-9H3,(H,51,52)(H2,47,48,49,54,55);4-6H2,1-3H3/t33-,37-,38-,42-;/m1./s1. The maximum atomic E-state index is 13.6. The number of carbonyl (C=O) groups excluding carboxylic acids is 2. The summed E-state index contributed by atoms with van der Waals surface area (Å²) in [5, 5.41) is 11.8. The lowest BCUT2D eigenvalue weighted by Gasteiger charge is -2.40. The first-order valence-electron chi connectivity index (χ1n) is 23.5. The summed E-state index contributed by atoms with van der Waals surface area (Å²) in [5.74, 6) is -1.53. The zero-order valence-corrected chi connectivity index (χ0v) is 43.0. The van der Waals surface area contributed by atoms with E-state index in [1.165, 1.54) is 30.5 Å². The highest BCUT2D eigenvalue weighted by molar-refractivity contribution is 6.74. The fourth-order valence-electron chi connectivity index (χ4n) is 7.66. The number of amides is 1. The largest absolute Gasteiger partial charge is 0.497 e. The van der Waals surface area contributed by atoms with Crippen molar-refractivity contribution in [3.8, 4) is 11.5 Å². The normalized spacial score (nSPS) is 17.4. The number of hydrogen-bond acceptors (Lipinski definition) is 13. The van der Waals surface area contributed by atoms with E-state index < -0.39 is 74.7 Å². The van der Waals surface area contributed by atoms with Crippen molar-refractivity contribution in [2.24, 2.45) is 5.92 Å². The van der Waals surface area contributed by atoms with Crippen LogP contribution in [0.4, 0.5) is 5.95 Å². The molecule has 1 amide bonds. The van der Waals surface area contributed by atoms with E-state index in [0.717, 1.165) is 16.7 Å². The van der Waals surface area contributed by atoms with E-state index in [2.05, 4.69) is 66.7 Å². The number of imidazole rings is 1. The van der Waals surface area contributed by atoms with Crippen molar-refractivity contribution in [1.82, 2.24) is 24.4 Å². The number of esters is 1. The molecule has 1 aliphatic rings. The van der Waals surface area contributed by atoms with Gasteiger partial charge in [0, 0.05) is 5.92 Å². The van der Waals surface area contributed by atoms with E-state index in [0.29, 0.717) is 11.5 Å². The van der Waals surface area contributed by atoms with Crippen LogP contribution in [-0.2, 0) is 38.6 Å². The molecule has 4 atom stereocenters. The number of benzene rings is 3. The highest BCUT2D eigenvalue weighted by Gasteiger charge is 2.54. The number of carboxylic acid groups (broad SMARTS) is 1. The summed E-state index contributed by atoms with van der Waals surface area (Å²) < 4.78 is 40.1. The van der Waals surface area contributed by atoms with Crippen molar-refractivity contribution in [2.45, 2.75) is 117 Å². The molecule has 374 valence electrons. The van der Waals surface area contributed by atoms with Crippen LogP contribution in [0.5, 0.6) is 11.5 Å². The molecule has 69 heavy (non-hydrogen) atoms. The van der Waals surface area contributed by atoms with E-state index in [-0.39, 0.29) is 34.7 Å². The van der Waals surface area contributed by atoms with Gasteiger partial charge in [-0.25, -0.2) is 4.98 Å². The summed E-state index contributed by atoms with van der Waals surface area (Å²) in [6, 6.07) is 24.7. The van der Waals surface area contributed by atoms with Gasteiger partial charge in [0.05, 0.1) is 40.0 Å². The van der Waals surface area contributed by atoms with Crippen molar-refractivity contribution in [3.05, 3.63) is 112 Å². The Hall–Kier alpha value is -5.92. The fraction of sp³-hybridized carbons (Fsp3) is 0.490. The molecule has 1 fully saturated rings. The zero-order valence-electron chi connectivity index (χ0n) is 42.0. The Kier molecular flexibility index (Phi) is 18.5. The van der Waals surface area contributed by atoms with Gasteiger partial charge >= 0.3 is 11.9 Å². The van der Waals surface area contributed by atoms with Crippen LogP contribution in [-0.4, -0.2) is 114 Å². The number of methoxy groups -OCH3 is 2. The molecule has 3 heterocycles. The van der Waals surface area contributed by atoms with Crippen molar-refractivity contribution < 1.29 is 47.6 Å². The predicted molar refractivity (Wildman–Crippen MR) is 266 cm³/mol. The second kappa shape index (κ2) is 23.6. The van der Waals surface area contributed by atoms with Gasteiger partial charge < -0.3 is 38.1 Å². The maximum Gasteiger partial charge on any atom is 0.306 e. The summed E-state index contributed by atoms with van der Waals surface area (Å²) >= 11 is 0. The van der Waals surface area contributed by atoms with E-state index in [9.17, 15) is 24.3 Å². The first-order chi connectivity index (χ1) is 32.7. The van der Waals surface area contributed by atoms with Crippen LogP contribution in [0.25, 0.3) is 11.2 Å². The SMILES string of the molecule is CCN(CC)CC.COc1ccc(C(OC[C@H]2O[C@@H](n3cnc4c(=O)[nH]c(NC(=O)C(C)C)nc43)[C@H](O[Si](C)(C)C(C)(C)C)[C@@H]2OC(=O)CCC(=O)O)(c2ccccc2)c2ccc(OC)cc2)cc1. The molecule has 2 aromatic heterocycles. The first-order valence-corrected chi connectivity index (χ1v) is 26.4. The molecule has 17 nitrogen and oxygen atoms in total. The Labute approximate surface area is 406 Å². The summed E-state index contributed by atoms with van der Waals surface area (Å²) in [6.07, 6.45) is -3.86. The fourth-order valence-corrected chi connectivity index (χ4v) is 8.94. The number of aliphatic carboxylic acids is 1. The molecule has 0 aliphatic carbocycles. The van der Waals surface area contributed by atoms with Gasteiger partial charge in [-0.2, -0.15) is 4.98 Å². The van der Waals surface area contributed by atoms with Gasteiger partial charge in [-0.1, -0.05) is 110 Å². The van der Waals surface area contributed by atoms with Gasteiger partial charge in [0.15, 0.2) is 31.8 Å². The van der Waals surface area contributed by atoms with E-state index >= 15 is 0 Å². The number of carboxylic acids is 1. The number of nitrogens with one attached hydrogen (secondary N) is 2. The molecule has 1 aliphatic heterocycles. The summed E-state index contributed by atoms with van der Waals surface area (Å²) in [6.45, 7) is 23.6. The summed E-state index contributed by atoms with van der Waals surface area (Å²) in [4.78, 5) is 65.2. The van der Waals surface area contributed by atoms with Gasteiger partial charge in [0.2, 0.25) is 11.9 Å². The van der Waals surface area contributed by atoms with Crippen LogP contribution in [0.2, 0.25) is 18.1 Å². The quantitative estimate of drug-likeness (QED) is 0.0383. The molecule has 3 aromatic carbocycles. The zero-order chi connectivity index (χ0) is 50.7. The number of anilines is 1. The molecule has 3 N–H and O–H groups in total. The predicted octanol–water partition coefficient (Wildman–Crippen LogP) is 8.15. The number of rotatable bonds is 20. The lowest BCUT2D eigenvalue weighted by molar-refractivity contribution is -0.160. The smallest absolute Gasteiger partial charge is 0.306 e. The van der Waals surface area contributed by atoms with Crippen molar-refractivity contribution in [2.75, 3.05) is 45.8 Å². The maximum absolute atomic E-state index is 13.6. The van der Waals surface area contributed by atoms with Crippen LogP contribution < -0.4 is 20.3 Å². The summed E-state index contributed by atoms with van der Waals surface area (Å²) in [7, 11) is 0.425. The third-order valence-electron chi connectivity index (χ3n) is 12.8. The van der Waals surface area contributed by atoms with Crippen molar-refractivity contribution >= 4 is 43.3 Å². The second-order valence-corrected chi connectivity index (χ2v) is 23.3. The lowest BCUT2D eigenvalue weighted by Crippen LogP contribution is -2.50. The van der Waals surface area contributed by atoms with E-state index in [4.69, 9.17) is 28.1 Å². The Morgan fingerprint density at radius 2 is 1.41 bits per heavy atom. The molecule has 5 aromatic rings. The minimum Gasteiger partial charge on any atom is -0.497 e. The van der Waals surface area contributed by atoms with Crippen LogP contribution >= 0.6 is 0 Å². The Balaban J connectivity index is 0.00000118. The number of nitrogens with zero attached hydrogens (tertiary/aromatic N) is 4. The van der Waals surface area contributed by atoms with Gasteiger partial charge in [-0.15, -0.1) is 0 Å². The highest BCUT2D eigenvalue weighted by Crippen LogP contribution is 2.46. The van der Waals surface area contributed by atoms with Crippen molar-refractivity contribution in [3.63, 3.8) is 0 Å². The van der Waals surface area contributed by atoms with Crippen LogP contribution in [0.15, 0.2) is 90.0 Å². The Morgan fingerprint density at radius 3 is 1.88 bits per heavy atom. The van der Waals surface area contributed by atoms with Gasteiger partial charge in [0.25, 0.3) is 5.56 Å². The Bertz CT molecular complexity index is 2470. The topological polar surface area (TPSA) is 206 Å². The average Bonchev–Trinajstić information content (AvgIpc) is 3.90. The minimum atomic E-state index is -2.75. The molecular weight excluding hydrogens is 901 g/mol. The molecule has 18 heteroatoms. The molecule has 0 radical (unpaired) electrons. The van der Waals surface area contributed by atoms with E-state index in [1.807, 2.05) is 92.0 Å². The average molecular weight is 971 g/mol. The van der Waals surface area contributed by atoms with Gasteiger partial charge in [-0.05, 0) is 78.7 Å². The third-order valence-corrected chi connectivity index (χ3v) is 17.3. The van der Waals surface area contributed by atoms with Crippen LogP contribution in [0, 0.1) is 5.92 Å². The molecule has 0 spiro atoms. The molecule has 0 bridgehead atoms. The highest BCUT2D eigenvalue weighted by atomic mass is 28.4. The minimum absolute atomic E-state index is 0.0287. The summed E-state index contributed by atoms with van der Waals surface area (Å²) in [5.41, 5.74) is 0.411. The molecule has 0 unspecified atom stereocenters. The van der Waals surface area contributed by atoms with Crippen LogP contribution in [0.1, 0.15) is 91.1 Å². The number of carbonyl (C=O) groups is 3. The van der Waals surface area contributed by atoms with E-state index in [1.54, 1.807) is 28.1 Å². The monoisotopic (exact) mass is 970 g/mol. The number of ether oxygens (including phenoxy) is 5. The number of aromatic nitrogens is 4. The lowest BCUT2D eigenvalue weighted by atomic mass is 9.80. The second-order valence-electron chi connectivity index (χ2n) is 18.6. The third kappa shape index (κ3) is 12.8. The number of hydrogen-bond donors (Lipinski definition) is 3. The van der Waals surface area contributed by atoms with Crippen LogP contribution in [0.3, 0.4) is 0 Å². The molecule has 1 saturated heterocycles. The number of H-pyrrole nitrogens is 1. The Morgan fingerprint density at radius 1 is 0.855 bits per heavy atom. The number of fused-ring (bicyclic) bond motifs is 1. The van der Waals surface area contributed by atoms with Gasteiger partial charge in [-0.3, -0.25) is 34.0 Å². The van der Waals surface area contributed by atoms with Crippen molar-refractivity contribution in [1.29, 1.82) is 0 Å². The van der Waals surface area contributed by atoms with Gasteiger partial charge in [0.1, 0.15) is 29.3 Å². The molecular formula is C51H70N6O11Si. The molecule has 0 saturated carbocycles.